The summed E-state index contributed by atoms with van der Waals surface area (Å²) >= 11 is 1.47. The summed E-state index contributed by atoms with van der Waals surface area (Å²) in [7, 11) is 0. The number of aryl methyl sites for hydroxylation is 2. The third-order valence-corrected chi connectivity index (χ3v) is 2.71. The van der Waals surface area contributed by atoms with Crippen molar-refractivity contribution in [2.24, 2.45) is 0 Å². The molecule has 2 nitrogen and oxygen atoms in total. The van der Waals surface area contributed by atoms with E-state index in [0.29, 0.717) is 0 Å². The average molecular weight is 204 g/mol. The molecule has 0 unspecified atom stereocenters. The third kappa shape index (κ3) is 2.17. The van der Waals surface area contributed by atoms with Gasteiger partial charge in [0.05, 0.1) is 0 Å². The first kappa shape index (κ1) is 9.34. The molecular formula is C11H12N2S. The predicted octanol–water partition coefficient (Wildman–Crippen LogP) is 2.75. The average Bonchev–Trinajstić information content (AvgIpc) is 2.56. The van der Waals surface area contributed by atoms with Crippen LogP contribution in [-0.2, 0) is 6.42 Å². The van der Waals surface area contributed by atoms with E-state index in [9.17, 15) is 0 Å². The Morgan fingerprint density at radius 1 is 1.14 bits per heavy atom. The molecule has 0 atom stereocenters. The second-order valence-corrected chi connectivity index (χ2v) is 4.35. The Morgan fingerprint density at radius 2 is 1.86 bits per heavy atom. The zero-order chi connectivity index (χ0) is 9.97. The summed E-state index contributed by atoms with van der Waals surface area (Å²) in [5.74, 6) is 0.927. The highest BCUT2D eigenvalue weighted by atomic mass is 32.1. The quantitative estimate of drug-likeness (QED) is 0.751. The molecule has 0 spiro atoms. The smallest absolute Gasteiger partial charge is 0.146 e. The van der Waals surface area contributed by atoms with Crippen molar-refractivity contribution in [2.75, 3.05) is 0 Å². The van der Waals surface area contributed by atoms with Gasteiger partial charge >= 0.3 is 0 Å². The lowest BCUT2D eigenvalue weighted by Gasteiger charge is -1.97. The van der Waals surface area contributed by atoms with Gasteiger partial charge in [-0.3, -0.25) is 0 Å². The fourth-order valence-electron chi connectivity index (χ4n) is 1.30. The highest BCUT2D eigenvalue weighted by Crippen LogP contribution is 2.10. The minimum absolute atomic E-state index is 0.838. The molecule has 2 rings (SSSR count). The van der Waals surface area contributed by atoms with Crippen LogP contribution in [0.25, 0.3) is 0 Å². The summed E-state index contributed by atoms with van der Waals surface area (Å²) in [4.78, 5) is 4.34. The van der Waals surface area contributed by atoms with Crippen LogP contribution in [0.1, 0.15) is 22.0 Å². The summed E-state index contributed by atoms with van der Waals surface area (Å²) in [6.07, 6.45) is 0.838. The van der Waals surface area contributed by atoms with Gasteiger partial charge in [-0.1, -0.05) is 29.8 Å². The summed E-state index contributed by atoms with van der Waals surface area (Å²) in [6, 6.07) is 8.50. The number of benzene rings is 1. The molecule has 0 aliphatic carbocycles. The zero-order valence-electron chi connectivity index (χ0n) is 8.32. The van der Waals surface area contributed by atoms with Crippen molar-refractivity contribution in [3.63, 3.8) is 0 Å². The van der Waals surface area contributed by atoms with E-state index in [1.807, 2.05) is 6.92 Å². The van der Waals surface area contributed by atoms with Crippen LogP contribution in [0.5, 0.6) is 0 Å². The van der Waals surface area contributed by atoms with Crippen molar-refractivity contribution in [1.29, 1.82) is 0 Å². The third-order valence-electron chi connectivity index (χ3n) is 2.05. The first-order valence-corrected chi connectivity index (χ1v) is 5.36. The number of aromatic nitrogens is 2. The van der Waals surface area contributed by atoms with E-state index in [4.69, 9.17) is 0 Å². The van der Waals surface area contributed by atoms with Crippen LogP contribution in [-0.4, -0.2) is 9.36 Å². The molecule has 0 aliphatic heterocycles. The normalized spacial score (nSPS) is 10.4. The van der Waals surface area contributed by atoms with Gasteiger partial charge in [-0.25, -0.2) is 4.98 Å². The summed E-state index contributed by atoms with van der Waals surface area (Å²) < 4.78 is 4.26. The van der Waals surface area contributed by atoms with Gasteiger partial charge < -0.3 is 0 Å². The van der Waals surface area contributed by atoms with Crippen molar-refractivity contribution in [3.05, 3.63) is 46.2 Å². The Balaban J connectivity index is 2.15. The molecule has 0 radical (unpaired) electrons. The maximum atomic E-state index is 4.34. The Morgan fingerprint density at radius 3 is 2.43 bits per heavy atom. The lowest BCUT2D eigenvalue weighted by atomic mass is 10.1. The molecule has 1 aromatic heterocycles. The van der Waals surface area contributed by atoms with Gasteiger partial charge in [0.15, 0.2) is 0 Å². The van der Waals surface area contributed by atoms with Gasteiger partial charge in [-0.15, -0.1) is 0 Å². The van der Waals surface area contributed by atoms with Crippen molar-refractivity contribution >= 4 is 11.5 Å². The zero-order valence-corrected chi connectivity index (χ0v) is 9.14. The first-order chi connectivity index (χ1) is 6.74. The molecular weight excluding hydrogens is 192 g/mol. The van der Waals surface area contributed by atoms with Gasteiger partial charge in [0, 0.05) is 6.42 Å². The SMILES string of the molecule is Cc1ccc(Cc2nsc(C)n2)cc1. The van der Waals surface area contributed by atoms with Crippen LogP contribution in [0.4, 0.5) is 0 Å². The fourth-order valence-corrected chi connectivity index (χ4v) is 1.79. The van der Waals surface area contributed by atoms with Gasteiger partial charge in [-0.05, 0) is 30.9 Å². The van der Waals surface area contributed by atoms with Crippen molar-refractivity contribution in [3.8, 4) is 0 Å². The van der Waals surface area contributed by atoms with Crippen LogP contribution in [0, 0.1) is 13.8 Å². The largest absolute Gasteiger partial charge is 0.225 e. The standard InChI is InChI=1S/C11H12N2S/c1-8-3-5-10(6-4-8)7-11-12-9(2)14-13-11/h3-6H,7H2,1-2H3. The lowest BCUT2D eigenvalue weighted by Crippen LogP contribution is -1.90. The van der Waals surface area contributed by atoms with Crippen LogP contribution >= 0.6 is 11.5 Å². The van der Waals surface area contributed by atoms with E-state index in [0.717, 1.165) is 17.3 Å². The van der Waals surface area contributed by atoms with Gasteiger partial charge in [0.25, 0.3) is 0 Å². The van der Waals surface area contributed by atoms with Gasteiger partial charge in [0.1, 0.15) is 10.8 Å². The van der Waals surface area contributed by atoms with E-state index in [1.165, 1.54) is 22.7 Å². The van der Waals surface area contributed by atoms with Crippen LogP contribution in [0.2, 0.25) is 0 Å². The molecule has 0 bridgehead atoms. The van der Waals surface area contributed by atoms with Crippen molar-refractivity contribution < 1.29 is 0 Å². The maximum absolute atomic E-state index is 4.34. The van der Waals surface area contributed by atoms with Crippen LogP contribution in [0.3, 0.4) is 0 Å². The predicted molar refractivity (Wildman–Crippen MR) is 58.6 cm³/mol. The van der Waals surface area contributed by atoms with E-state index in [2.05, 4.69) is 40.5 Å². The van der Waals surface area contributed by atoms with Crippen molar-refractivity contribution in [1.82, 2.24) is 9.36 Å². The number of hydrogen-bond donors (Lipinski definition) is 0. The molecule has 3 heteroatoms. The molecule has 72 valence electrons. The fraction of sp³-hybridized carbons (Fsp3) is 0.273. The molecule has 0 aliphatic rings. The molecule has 0 saturated carbocycles. The summed E-state index contributed by atoms with van der Waals surface area (Å²) in [5, 5.41) is 1.03. The highest BCUT2D eigenvalue weighted by Gasteiger charge is 2.01. The molecule has 0 amide bonds. The number of rotatable bonds is 2. The van der Waals surface area contributed by atoms with Crippen molar-refractivity contribution in [2.45, 2.75) is 20.3 Å². The minimum atomic E-state index is 0.838. The van der Waals surface area contributed by atoms with Crippen LogP contribution in [0.15, 0.2) is 24.3 Å². The molecule has 0 saturated heterocycles. The molecule has 1 aromatic carbocycles. The molecule has 0 N–H and O–H groups in total. The minimum Gasteiger partial charge on any atom is -0.225 e. The second kappa shape index (κ2) is 3.88. The molecule has 14 heavy (non-hydrogen) atoms. The Labute approximate surface area is 87.8 Å². The number of hydrogen-bond acceptors (Lipinski definition) is 3. The van der Waals surface area contributed by atoms with Crippen LogP contribution < -0.4 is 0 Å². The molecule has 1 heterocycles. The first-order valence-electron chi connectivity index (χ1n) is 4.59. The van der Waals surface area contributed by atoms with Gasteiger partial charge in [-0.2, -0.15) is 4.37 Å². The summed E-state index contributed by atoms with van der Waals surface area (Å²) in [5.41, 5.74) is 2.56. The Hall–Kier alpha value is -1.22. The Bertz CT molecular complexity index is 417. The number of nitrogens with zero attached hydrogens (tertiary/aromatic N) is 2. The lowest BCUT2D eigenvalue weighted by molar-refractivity contribution is 1.02. The molecule has 0 fully saturated rings. The van der Waals surface area contributed by atoms with Gasteiger partial charge in [0.2, 0.25) is 0 Å². The highest BCUT2D eigenvalue weighted by molar-refractivity contribution is 7.05. The van der Waals surface area contributed by atoms with E-state index in [-0.39, 0.29) is 0 Å². The van der Waals surface area contributed by atoms with E-state index >= 15 is 0 Å². The monoisotopic (exact) mass is 204 g/mol. The second-order valence-electron chi connectivity index (χ2n) is 3.39. The summed E-state index contributed by atoms with van der Waals surface area (Å²) in [6.45, 7) is 4.07. The topological polar surface area (TPSA) is 25.8 Å². The Kier molecular flexibility index (Phi) is 2.59. The molecule has 2 aromatic rings. The van der Waals surface area contributed by atoms with E-state index in [1.54, 1.807) is 0 Å². The van der Waals surface area contributed by atoms with E-state index < -0.39 is 0 Å². The maximum Gasteiger partial charge on any atom is 0.146 e.